The lowest BCUT2D eigenvalue weighted by atomic mass is 10.2. The molecule has 0 bridgehead atoms. The third kappa shape index (κ3) is 4.04. The molecule has 0 amide bonds. The van der Waals surface area contributed by atoms with Crippen LogP contribution in [0, 0.1) is 0 Å². The SMILES string of the molecule is OCCCCCCNc1ncnc2cc(Cl)ccc12. The minimum absolute atomic E-state index is 0.282. The Labute approximate surface area is 117 Å². The van der Waals surface area contributed by atoms with Crippen LogP contribution in [0.2, 0.25) is 5.02 Å². The molecule has 0 saturated heterocycles. The number of halogens is 1. The quantitative estimate of drug-likeness (QED) is 0.764. The molecule has 2 rings (SSSR count). The van der Waals surface area contributed by atoms with Gasteiger partial charge >= 0.3 is 0 Å². The van der Waals surface area contributed by atoms with Gasteiger partial charge < -0.3 is 10.4 Å². The van der Waals surface area contributed by atoms with Gasteiger partial charge in [-0.05, 0) is 31.0 Å². The Morgan fingerprint density at radius 2 is 1.95 bits per heavy atom. The summed E-state index contributed by atoms with van der Waals surface area (Å²) in [5.41, 5.74) is 0.852. The molecule has 0 aliphatic carbocycles. The smallest absolute Gasteiger partial charge is 0.137 e. The molecule has 2 aromatic rings. The molecular weight excluding hydrogens is 262 g/mol. The molecule has 102 valence electrons. The van der Waals surface area contributed by atoms with E-state index in [0.29, 0.717) is 5.02 Å². The number of aliphatic hydroxyl groups excluding tert-OH is 1. The van der Waals surface area contributed by atoms with Crippen LogP contribution >= 0.6 is 11.6 Å². The summed E-state index contributed by atoms with van der Waals surface area (Å²) < 4.78 is 0. The minimum Gasteiger partial charge on any atom is -0.396 e. The van der Waals surface area contributed by atoms with Crippen LogP contribution in [0.4, 0.5) is 5.82 Å². The van der Waals surface area contributed by atoms with Crippen molar-refractivity contribution in [2.45, 2.75) is 25.7 Å². The topological polar surface area (TPSA) is 58.0 Å². The number of hydrogen-bond donors (Lipinski definition) is 2. The Hall–Kier alpha value is -1.39. The van der Waals surface area contributed by atoms with Gasteiger partial charge in [-0.1, -0.05) is 24.4 Å². The lowest BCUT2D eigenvalue weighted by Gasteiger charge is -2.08. The van der Waals surface area contributed by atoms with Crippen molar-refractivity contribution in [1.82, 2.24) is 9.97 Å². The van der Waals surface area contributed by atoms with Crippen molar-refractivity contribution in [3.8, 4) is 0 Å². The number of fused-ring (bicyclic) bond motifs is 1. The van der Waals surface area contributed by atoms with Gasteiger partial charge in [0, 0.05) is 23.6 Å². The van der Waals surface area contributed by atoms with E-state index in [1.165, 1.54) is 0 Å². The van der Waals surface area contributed by atoms with Gasteiger partial charge in [0.1, 0.15) is 12.1 Å². The molecule has 1 aromatic heterocycles. The predicted octanol–water partition coefficient (Wildman–Crippen LogP) is 3.25. The summed E-state index contributed by atoms with van der Waals surface area (Å²) in [4.78, 5) is 8.47. The number of nitrogens with zero attached hydrogens (tertiary/aromatic N) is 2. The molecule has 19 heavy (non-hydrogen) atoms. The second-order valence-corrected chi connectivity index (χ2v) is 4.88. The summed E-state index contributed by atoms with van der Waals surface area (Å²) in [5, 5.41) is 13.7. The summed E-state index contributed by atoms with van der Waals surface area (Å²) in [5.74, 6) is 0.851. The molecule has 0 fully saturated rings. The van der Waals surface area contributed by atoms with Crippen LogP contribution in [-0.4, -0.2) is 28.2 Å². The van der Waals surface area contributed by atoms with Crippen LogP contribution in [0.1, 0.15) is 25.7 Å². The predicted molar refractivity (Wildman–Crippen MR) is 78.6 cm³/mol. The maximum Gasteiger partial charge on any atom is 0.137 e. The van der Waals surface area contributed by atoms with Crippen molar-refractivity contribution in [3.05, 3.63) is 29.5 Å². The van der Waals surface area contributed by atoms with Crippen molar-refractivity contribution < 1.29 is 5.11 Å². The van der Waals surface area contributed by atoms with Crippen LogP contribution in [0.5, 0.6) is 0 Å². The van der Waals surface area contributed by atoms with Crippen molar-refractivity contribution in [1.29, 1.82) is 0 Å². The number of rotatable bonds is 7. The molecule has 0 radical (unpaired) electrons. The highest BCUT2D eigenvalue weighted by Gasteiger charge is 2.03. The molecule has 2 N–H and O–H groups in total. The highest BCUT2D eigenvalue weighted by Crippen LogP contribution is 2.22. The summed E-state index contributed by atoms with van der Waals surface area (Å²) in [6, 6.07) is 5.62. The maximum atomic E-state index is 8.70. The molecule has 0 aliphatic heterocycles. The van der Waals surface area contributed by atoms with E-state index in [1.807, 2.05) is 18.2 Å². The van der Waals surface area contributed by atoms with Crippen LogP contribution < -0.4 is 5.32 Å². The Kier molecular flexibility index (Phi) is 5.36. The molecule has 0 atom stereocenters. The molecule has 0 unspecified atom stereocenters. The monoisotopic (exact) mass is 279 g/mol. The van der Waals surface area contributed by atoms with E-state index in [4.69, 9.17) is 16.7 Å². The summed E-state index contributed by atoms with van der Waals surface area (Å²) in [6.07, 6.45) is 5.68. The molecular formula is C14H18ClN3O. The van der Waals surface area contributed by atoms with Gasteiger partial charge in [-0.2, -0.15) is 0 Å². The Morgan fingerprint density at radius 1 is 1.11 bits per heavy atom. The Morgan fingerprint density at radius 3 is 2.79 bits per heavy atom. The first-order chi connectivity index (χ1) is 9.31. The van der Waals surface area contributed by atoms with E-state index in [-0.39, 0.29) is 6.61 Å². The van der Waals surface area contributed by atoms with Gasteiger partial charge in [-0.25, -0.2) is 9.97 Å². The van der Waals surface area contributed by atoms with Gasteiger partial charge in [0.2, 0.25) is 0 Å². The third-order valence-electron chi connectivity index (χ3n) is 2.98. The van der Waals surface area contributed by atoms with Gasteiger partial charge in [0.05, 0.1) is 5.52 Å². The first-order valence-electron chi connectivity index (χ1n) is 6.56. The average molecular weight is 280 g/mol. The molecule has 1 heterocycles. The second-order valence-electron chi connectivity index (χ2n) is 4.45. The number of nitrogens with one attached hydrogen (secondary N) is 1. The van der Waals surface area contributed by atoms with Gasteiger partial charge in [0.25, 0.3) is 0 Å². The summed E-state index contributed by atoms with van der Waals surface area (Å²) in [7, 11) is 0. The molecule has 1 aromatic carbocycles. The number of anilines is 1. The molecule has 0 saturated carbocycles. The largest absolute Gasteiger partial charge is 0.396 e. The standard InChI is InChI=1S/C14H18ClN3O/c15-11-5-6-12-13(9-11)17-10-18-14(12)16-7-3-1-2-4-8-19/h5-6,9-10,19H,1-4,7-8H2,(H,16,17,18). The first kappa shape index (κ1) is 14.0. The lowest BCUT2D eigenvalue weighted by Crippen LogP contribution is -2.04. The van der Waals surface area contributed by atoms with Crippen LogP contribution in [0.15, 0.2) is 24.5 Å². The fraction of sp³-hybridized carbons (Fsp3) is 0.429. The number of hydrogen-bond acceptors (Lipinski definition) is 4. The Balaban J connectivity index is 1.93. The number of benzene rings is 1. The first-order valence-corrected chi connectivity index (χ1v) is 6.94. The normalized spacial score (nSPS) is 10.8. The minimum atomic E-state index is 0.282. The number of aliphatic hydroxyl groups is 1. The van der Waals surface area contributed by atoms with E-state index in [2.05, 4.69) is 15.3 Å². The zero-order valence-corrected chi connectivity index (χ0v) is 11.5. The van der Waals surface area contributed by atoms with E-state index in [9.17, 15) is 0 Å². The fourth-order valence-electron chi connectivity index (χ4n) is 1.97. The van der Waals surface area contributed by atoms with Crippen LogP contribution in [0.3, 0.4) is 0 Å². The van der Waals surface area contributed by atoms with Gasteiger partial charge in [-0.15, -0.1) is 0 Å². The van der Waals surface area contributed by atoms with Crippen molar-refractivity contribution in [2.75, 3.05) is 18.5 Å². The maximum absolute atomic E-state index is 8.70. The van der Waals surface area contributed by atoms with E-state index in [1.54, 1.807) is 6.33 Å². The van der Waals surface area contributed by atoms with E-state index >= 15 is 0 Å². The van der Waals surface area contributed by atoms with E-state index in [0.717, 1.165) is 48.9 Å². The van der Waals surface area contributed by atoms with Gasteiger partial charge in [0.15, 0.2) is 0 Å². The molecule has 4 nitrogen and oxygen atoms in total. The average Bonchev–Trinajstić information content (AvgIpc) is 2.42. The van der Waals surface area contributed by atoms with Crippen molar-refractivity contribution in [3.63, 3.8) is 0 Å². The molecule has 5 heteroatoms. The summed E-state index contributed by atoms with van der Waals surface area (Å²) >= 11 is 5.95. The van der Waals surface area contributed by atoms with E-state index < -0.39 is 0 Å². The third-order valence-corrected chi connectivity index (χ3v) is 3.21. The highest BCUT2D eigenvalue weighted by atomic mass is 35.5. The number of unbranched alkanes of at least 4 members (excludes halogenated alkanes) is 3. The molecule has 0 aliphatic rings. The number of aromatic nitrogens is 2. The van der Waals surface area contributed by atoms with Crippen molar-refractivity contribution >= 4 is 28.3 Å². The lowest BCUT2D eigenvalue weighted by molar-refractivity contribution is 0.283. The zero-order chi connectivity index (χ0) is 13.5. The van der Waals surface area contributed by atoms with Gasteiger partial charge in [-0.3, -0.25) is 0 Å². The van der Waals surface area contributed by atoms with Crippen LogP contribution in [0.25, 0.3) is 10.9 Å². The fourth-order valence-corrected chi connectivity index (χ4v) is 2.13. The Bertz CT molecular complexity index is 533. The zero-order valence-electron chi connectivity index (χ0n) is 10.8. The van der Waals surface area contributed by atoms with Crippen LogP contribution in [-0.2, 0) is 0 Å². The van der Waals surface area contributed by atoms with Crippen molar-refractivity contribution in [2.24, 2.45) is 0 Å². The second kappa shape index (κ2) is 7.26. The highest BCUT2D eigenvalue weighted by molar-refractivity contribution is 6.31. The summed E-state index contributed by atoms with van der Waals surface area (Å²) in [6.45, 7) is 1.16. The molecule has 0 spiro atoms.